The van der Waals surface area contributed by atoms with Gasteiger partial charge in [0.2, 0.25) is 5.91 Å². The predicted octanol–water partition coefficient (Wildman–Crippen LogP) is 4.56. The first-order chi connectivity index (χ1) is 13.4. The number of hydrogen-bond donors (Lipinski definition) is 0. The molecule has 0 saturated heterocycles. The smallest absolute Gasteiger partial charge is 0.310 e. The minimum Gasteiger partial charge on any atom is -0.459 e. The summed E-state index contributed by atoms with van der Waals surface area (Å²) in [6.07, 6.45) is 0.173. The normalized spacial score (nSPS) is 10.5. The molecule has 1 aromatic heterocycles. The maximum Gasteiger partial charge on any atom is 0.310 e. The molecule has 0 radical (unpaired) electrons. The molecule has 0 saturated carbocycles. The molecule has 144 valence electrons. The Balaban J connectivity index is 1.66. The third-order valence-electron chi connectivity index (χ3n) is 3.99. The van der Waals surface area contributed by atoms with Crippen LogP contribution >= 0.6 is 11.3 Å². The van der Waals surface area contributed by atoms with E-state index in [1.165, 1.54) is 35.3 Å². The molecule has 2 aromatic carbocycles. The second kappa shape index (κ2) is 8.75. The second-order valence-electron chi connectivity index (χ2n) is 6.25. The van der Waals surface area contributed by atoms with Crippen molar-refractivity contribution in [2.75, 3.05) is 4.90 Å². The van der Waals surface area contributed by atoms with E-state index < -0.39 is 5.82 Å². The number of aryl methyl sites for hydroxylation is 1. The van der Waals surface area contributed by atoms with Gasteiger partial charge >= 0.3 is 5.97 Å². The lowest BCUT2D eigenvalue weighted by Gasteiger charge is -2.18. The predicted molar refractivity (Wildman–Crippen MR) is 106 cm³/mol. The van der Waals surface area contributed by atoms with Gasteiger partial charge in [-0.15, -0.1) is 11.3 Å². The average molecular weight is 398 g/mol. The lowest BCUT2D eigenvalue weighted by atomic mass is 10.1. The zero-order valence-electron chi connectivity index (χ0n) is 15.5. The molecule has 0 N–H and O–H groups in total. The van der Waals surface area contributed by atoms with Crippen LogP contribution in [0.5, 0.6) is 0 Å². The van der Waals surface area contributed by atoms with Crippen molar-refractivity contribution in [3.63, 3.8) is 0 Å². The molecule has 1 heterocycles. The number of ether oxygens (including phenoxy) is 1. The number of hydrogen-bond acceptors (Lipinski definition) is 5. The monoisotopic (exact) mass is 398 g/mol. The highest BCUT2D eigenvalue weighted by Gasteiger charge is 2.21. The summed E-state index contributed by atoms with van der Waals surface area (Å²) in [7, 11) is 0. The molecule has 0 aliphatic rings. The van der Waals surface area contributed by atoms with Crippen molar-refractivity contribution in [1.82, 2.24) is 4.98 Å². The van der Waals surface area contributed by atoms with Crippen molar-refractivity contribution in [1.29, 1.82) is 0 Å². The van der Waals surface area contributed by atoms with Crippen LogP contribution in [0.1, 0.15) is 23.7 Å². The molecule has 0 bridgehead atoms. The van der Waals surface area contributed by atoms with Gasteiger partial charge in [-0.3, -0.25) is 14.5 Å². The molecule has 3 aromatic rings. The lowest BCUT2D eigenvalue weighted by molar-refractivity contribution is -0.144. The maximum absolute atomic E-state index is 14.1. The summed E-state index contributed by atoms with van der Waals surface area (Å²) in [5.74, 6) is -1.24. The Morgan fingerprint density at radius 1 is 1.14 bits per heavy atom. The zero-order chi connectivity index (χ0) is 20.1. The molecule has 0 spiro atoms. The number of rotatable bonds is 6. The van der Waals surface area contributed by atoms with Crippen molar-refractivity contribution in [2.24, 2.45) is 0 Å². The first-order valence-electron chi connectivity index (χ1n) is 8.65. The van der Waals surface area contributed by atoms with Crippen LogP contribution in [0.4, 0.5) is 15.2 Å². The summed E-state index contributed by atoms with van der Waals surface area (Å²) in [5, 5.41) is 2.01. The number of benzene rings is 2. The van der Waals surface area contributed by atoms with Gasteiger partial charge in [0, 0.05) is 12.3 Å². The molecule has 28 heavy (non-hydrogen) atoms. The fraction of sp³-hybridized carbons (Fsp3) is 0.190. The van der Waals surface area contributed by atoms with E-state index in [9.17, 15) is 14.0 Å². The van der Waals surface area contributed by atoms with E-state index in [2.05, 4.69) is 4.98 Å². The average Bonchev–Trinajstić information content (AvgIpc) is 3.12. The summed E-state index contributed by atoms with van der Waals surface area (Å²) in [5.41, 5.74) is 2.63. The van der Waals surface area contributed by atoms with Crippen LogP contribution in [0, 0.1) is 12.7 Å². The van der Waals surface area contributed by atoms with E-state index in [4.69, 9.17) is 4.74 Å². The van der Waals surface area contributed by atoms with Gasteiger partial charge in [0.05, 0.1) is 17.8 Å². The Kier molecular flexibility index (Phi) is 6.16. The molecule has 1 amide bonds. The van der Waals surface area contributed by atoms with E-state index in [1.807, 2.05) is 31.2 Å². The third-order valence-corrected chi connectivity index (χ3v) is 4.86. The van der Waals surface area contributed by atoms with Gasteiger partial charge in [-0.1, -0.05) is 42.0 Å². The van der Waals surface area contributed by atoms with Crippen LogP contribution in [-0.4, -0.2) is 16.9 Å². The largest absolute Gasteiger partial charge is 0.459 e. The number of carbonyl (C=O) groups excluding carboxylic acids is 2. The topological polar surface area (TPSA) is 59.5 Å². The van der Waals surface area contributed by atoms with E-state index in [0.717, 1.165) is 11.1 Å². The molecule has 3 rings (SSSR count). The van der Waals surface area contributed by atoms with Crippen molar-refractivity contribution < 1.29 is 18.7 Å². The number of nitrogens with zero attached hydrogens (tertiary/aromatic N) is 2. The number of carbonyl (C=O) groups is 2. The van der Waals surface area contributed by atoms with Gasteiger partial charge < -0.3 is 4.74 Å². The number of para-hydroxylation sites is 1. The van der Waals surface area contributed by atoms with Crippen LogP contribution in [-0.2, 0) is 27.4 Å². The number of halogens is 1. The minimum atomic E-state index is -0.515. The maximum atomic E-state index is 14.1. The molecule has 0 atom stereocenters. The van der Waals surface area contributed by atoms with Crippen LogP contribution < -0.4 is 4.90 Å². The Morgan fingerprint density at radius 2 is 1.86 bits per heavy atom. The fourth-order valence-electron chi connectivity index (χ4n) is 2.58. The first-order valence-corrected chi connectivity index (χ1v) is 9.53. The number of anilines is 2. The van der Waals surface area contributed by atoms with E-state index in [1.54, 1.807) is 17.5 Å². The number of esters is 1. The molecule has 5 nitrogen and oxygen atoms in total. The lowest BCUT2D eigenvalue weighted by Crippen LogP contribution is -2.23. The van der Waals surface area contributed by atoms with Crippen LogP contribution in [0.3, 0.4) is 0 Å². The SMILES string of the molecule is CC(=O)N(c1nc(COC(=O)Cc2ccc(C)cc2)cs1)c1ccccc1F. The van der Waals surface area contributed by atoms with Gasteiger partial charge in [-0.2, -0.15) is 0 Å². The summed E-state index contributed by atoms with van der Waals surface area (Å²) in [4.78, 5) is 29.6. The summed E-state index contributed by atoms with van der Waals surface area (Å²) >= 11 is 1.18. The minimum absolute atomic E-state index is 0.00971. The highest BCUT2D eigenvalue weighted by molar-refractivity contribution is 7.14. The summed E-state index contributed by atoms with van der Waals surface area (Å²) in [6.45, 7) is 3.31. The number of thiazole rings is 1. The Labute approximate surface area is 166 Å². The van der Waals surface area contributed by atoms with Crippen LogP contribution in [0.15, 0.2) is 53.9 Å². The number of aromatic nitrogens is 1. The third kappa shape index (κ3) is 4.80. The number of amides is 1. The Morgan fingerprint density at radius 3 is 2.54 bits per heavy atom. The molecular weight excluding hydrogens is 379 g/mol. The van der Waals surface area contributed by atoms with E-state index in [-0.39, 0.29) is 30.6 Å². The Hall–Kier alpha value is -3.06. The molecule has 0 aliphatic carbocycles. The van der Waals surface area contributed by atoms with Gasteiger partial charge in [0.25, 0.3) is 0 Å². The summed E-state index contributed by atoms with van der Waals surface area (Å²) < 4.78 is 19.4. The van der Waals surface area contributed by atoms with E-state index >= 15 is 0 Å². The Bertz CT molecular complexity index is 985. The van der Waals surface area contributed by atoms with Gasteiger partial charge in [0.1, 0.15) is 12.4 Å². The van der Waals surface area contributed by atoms with E-state index in [0.29, 0.717) is 10.8 Å². The summed E-state index contributed by atoms with van der Waals surface area (Å²) in [6, 6.07) is 13.6. The molecule has 0 aliphatic heterocycles. The zero-order valence-corrected chi connectivity index (χ0v) is 16.3. The van der Waals surface area contributed by atoms with Crippen LogP contribution in [0.25, 0.3) is 0 Å². The standard InChI is InChI=1S/C21H19FN2O3S/c1-14-7-9-16(10-8-14)11-20(26)27-12-17-13-28-21(23-17)24(15(2)25)19-6-4-3-5-18(19)22/h3-10,13H,11-12H2,1-2H3. The molecular formula is C21H19FN2O3S. The second-order valence-corrected chi connectivity index (χ2v) is 7.09. The molecule has 7 heteroatoms. The quantitative estimate of drug-likeness (QED) is 0.571. The van der Waals surface area contributed by atoms with Gasteiger partial charge in [-0.05, 0) is 24.6 Å². The van der Waals surface area contributed by atoms with Crippen molar-refractivity contribution >= 4 is 34.0 Å². The molecule has 0 unspecified atom stereocenters. The highest BCUT2D eigenvalue weighted by atomic mass is 32.1. The van der Waals surface area contributed by atoms with Gasteiger partial charge in [0.15, 0.2) is 5.13 Å². The van der Waals surface area contributed by atoms with Crippen molar-refractivity contribution in [3.05, 3.63) is 76.5 Å². The van der Waals surface area contributed by atoms with Gasteiger partial charge in [-0.25, -0.2) is 9.37 Å². The van der Waals surface area contributed by atoms with Crippen molar-refractivity contribution in [3.8, 4) is 0 Å². The van der Waals surface area contributed by atoms with Crippen LogP contribution in [0.2, 0.25) is 0 Å². The molecule has 0 fully saturated rings. The first kappa shape index (κ1) is 19.7. The highest BCUT2D eigenvalue weighted by Crippen LogP contribution is 2.30. The fourth-order valence-corrected chi connectivity index (χ4v) is 3.45. The van der Waals surface area contributed by atoms with Crippen molar-refractivity contribution in [2.45, 2.75) is 26.9 Å².